The quantitative estimate of drug-likeness (QED) is 0.649. The van der Waals surface area contributed by atoms with Crippen molar-refractivity contribution in [3.05, 3.63) is 8.96 Å². The number of carbonyl (C=O) groups is 1. The van der Waals surface area contributed by atoms with Gasteiger partial charge in [-0.2, -0.15) is 0 Å². The zero-order valence-corrected chi connectivity index (χ0v) is 7.96. The van der Waals surface area contributed by atoms with Crippen molar-refractivity contribution in [3.8, 4) is 0 Å². The number of Topliss-reactive ketones (excluding diaryl/α,β-unsaturated/α-hetero) is 1. The van der Waals surface area contributed by atoms with Crippen molar-refractivity contribution in [2.24, 2.45) is 0 Å². The molecule has 0 saturated carbocycles. The fourth-order valence-electron chi connectivity index (χ4n) is 0.775. The van der Waals surface area contributed by atoms with E-state index in [1.165, 1.54) is 0 Å². The molecule has 0 N–H and O–H groups in total. The van der Waals surface area contributed by atoms with E-state index in [1.54, 1.807) is 0 Å². The van der Waals surface area contributed by atoms with E-state index in [0.29, 0.717) is 6.42 Å². The highest BCUT2D eigenvalue weighted by Crippen LogP contribution is 2.29. The number of hydrogen-bond acceptors (Lipinski definition) is 1. The minimum Gasteiger partial charge on any atom is -0.294 e. The molecule has 0 radical (unpaired) electrons. The predicted octanol–water partition coefficient (Wildman–Crippen LogP) is 2.74. The number of hydrogen-bond donors (Lipinski definition) is 0. The largest absolute Gasteiger partial charge is 0.294 e. The minimum atomic E-state index is 0.216. The van der Waals surface area contributed by atoms with Gasteiger partial charge in [0, 0.05) is 10.9 Å². The van der Waals surface area contributed by atoms with Crippen molar-refractivity contribution in [1.82, 2.24) is 0 Å². The third-order valence-electron chi connectivity index (χ3n) is 1.28. The average Bonchev–Trinajstić information content (AvgIpc) is 1.83. The van der Waals surface area contributed by atoms with Crippen LogP contribution in [0.3, 0.4) is 0 Å². The zero-order chi connectivity index (χ0) is 6.85. The van der Waals surface area contributed by atoms with Crippen LogP contribution in [-0.4, -0.2) is 5.78 Å². The lowest BCUT2D eigenvalue weighted by atomic mass is 10.1. The van der Waals surface area contributed by atoms with E-state index in [4.69, 9.17) is 0 Å². The highest BCUT2D eigenvalue weighted by atomic mass is 79.9. The van der Waals surface area contributed by atoms with Gasteiger partial charge in [0.15, 0.2) is 5.78 Å². The van der Waals surface area contributed by atoms with E-state index in [-0.39, 0.29) is 5.78 Å². The molecule has 0 atom stereocenters. The van der Waals surface area contributed by atoms with Crippen LogP contribution in [0.15, 0.2) is 8.96 Å². The normalized spacial score (nSPS) is 20.9. The maximum Gasteiger partial charge on any atom is 0.170 e. The Kier molecular flexibility index (Phi) is 2.47. The second kappa shape index (κ2) is 2.97. The van der Waals surface area contributed by atoms with Crippen LogP contribution in [0.1, 0.15) is 19.3 Å². The molecule has 0 spiro atoms. The Morgan fingerprint density at radius 1 is 1.22 bits per heavy atom. The van der Waals surface area contributed by atoms with E-state index in [9.17, 15) is 4.79 Å². The third-order valence-corrected chi connectivity index (χ3v) is 3.53. The summed E-state index contributed by atoms with van der Waals surface area (Å²) in [5, 5.41) is 0. The summed E-state index contributed by atoms with van der Waals surface area (Å²) < 4.78 is 1.74. The van der Waals surface area contributed by atoms with Crippen LogP contribution in [0.25, 0.3) is 0 Å². The molecule has 0 amide bonds. The summed E-state index contributed by atoms with van der Waals surface area (Å²) in [7, 11) is 0. The molecule has 0 aliphatic heterocycles. The van der Waals surface area contributed by atoms with Crippen molar-refractivity contribution in [1.29, 1.82) is 0 Å². The Balaban J connectivity index is 2.84. The Labute approximate surface area is 70.8 Å². The number of rotatable bonds is 0. The second-order valence-corrected chi connectivity index (χ2v) is 3.75. The lowest BCUT2D eigenvalue weighted by Crippen LogP contribution is -2.03. The molecular weight excluding hydrogens is 248 g/mol. The number of carbonyl (C=O) groups excluding carboxylic acids is 1. The third kappa shape index (κ3) is 1.64. The summed E-state index contributed by atoms with van der Waals surface area (Å²) in [6.07, 6.45) is 2.66. The SMILES string of the molecule is O=C1CCCC(Br)=C1Br. The molecule has 1 nitrogen and oxygen atoms in total. The van der Waals surface area contributed by atoms with Crippen molar-refractivity contribution in [2.75, 3.05) is 0 Å². The van der Waals surface area contributed by atoms with Crippen LogP contribution >= 0.6 is 31.9 Å². The van der Waals surface area contributed by atoms with E-state index in [2.05, 4.69) is 31.9 Å². The first kappa shape index (κ1) is 7.48. The molecule has 0 bridgehead atoms. The standard InChI is InChI=1S/C6H6Br2O/c7-4-2-1-3-5(9)6(4)8/h1-3H2. The molecule has 0 heterocycles. The van der Waals surface area contributed by atoms with Gasteiger partial charge in [-0.05, 0) is 28.8 Å². The minimum absolute atomic E-state index is 0.216. The van der Waals surface area contributed by atoms with E-state index in [1.807, 2.05) is 0 Å². The number of ketones is 1. The maximum atomic E-state index is 10.9. The first-order valence-electron chi connectivity index (χ1n) is 2.79. The Bertz CT molecular complexity index is 172. The van der Waals surface area contributed by atoms with Gasteiger partial charge < -0.3 is 0 Å². The molecule has 0 fully saturated rings. The van der Waals surface area contributed by atoms with Crippen LogP contribution < -0.4 is 0 Å². The van der Waals surface area contributed by atoms with Gasteiger partial charge in [-0.3, -0.25) is 4.79 Å². The van der Waals surface area contributed by atoms with Crippen LogP contribution in [0.4, 0.5) is 0 Å². The van der Waals surface area contributed by atoms with Crippen LogP contribution in [0.2, 0.25) is 0 Å². The molecule has 9 heavy (non-hydrogen) atoms. The fraction of sp³-hybridized carbons (Fsp3) is 0.500. The molecule has 1 rings (SSSR count). The summed E-state index contributed by atoms with van der Waals surface area (Å²) >= 11 is 6.51. The fourth-order valence-corrected chi connectivity index (χ4v) is 1.67. The van der Waals surface area contributed by atoms with Crippen molar-refractivity contribution < 1.29 is 4.79 Å². The smallest absolute Gasteiger partial charge is 0.170 e. The monoisotopic (exact) mass is 252 g/mol. The molecule has 0 saturated heterocycles. The molecule has 1 aliphatic carbocycles. The molecule has 0 unspecified atom stereocenters. The number of halogens is 2. The highest BCUT2D eigenvalue weighted by Gasteiger charge is 2.15. The van der Waals surface area contributed by atoms with E-state index >= 15 is 0 Å². The van der Waals surface area contributed by atoms with Crippen LogP contribution in [0.5, 0.6) is 0 Å². The van der Waals surface area contributed by atoms with Gasteiger partial charge in [-0.25, -0.2) is 0 Å². The van der Waals surface area contributed by atoms with Crippen LogP contribution in [-0.2, 0) is 4.79 Å². The highest BCUT2D eigenvalue weighted by molar-refractivity contribution is 9.14. The average molecular weight is 254 g/mol. The molecule has 0 aromatic heterocycles. The van der Waals surface area contributed by atoms with Crippen molar-refractivity contribution >= 4 is 37.6 Å². The summed E-state index contributed by atoms with van der Waals surface area (Å²) in [4.78, 5) is 10.9. The van der Waals surface area contributed by atoms with Crippen LogP contribution in [0, 0.1) is 0 Å². The second-order valence-electron chi connectivity index (χ2n) is 2.00. The molecule has 1 aliphatic rings. The Morgan fingerprint density at radius 2 is 1.89 bits per heavy atom. The zero-order valence-electron chi connectivity index (χ0n) is 4.79. The molecule has 3 heteroatoms. The van der Waals surface area contributed by atoms with E-state index in [0.717, 1.165) is 21.8 Å². The maximum absolute atomic E-state index is 10.9. The molecule has 0 aromatic carbocycles. The van der Waals surface area contributed by atoms with Gasteiger partial charge in [0.25, 0.3) is 0 Å². The van der Waals surface area contributed by atoms with Gasteiger partial charge in [-0.15, -0.1) is 0 Å². The summed E-state index contributed by atoms with van der Waals surface area (Å²) in [6, 6.07) is 0. The molecular formula is C6H6Br2O. The first-order chi connectivity index (χ1) is 4.22. The Morgan fingerprint density at radius 3 is 2.33 bits per heavy atom. The number of allylic oxidation sites excluding steroid dienone is 2. The Hall–Kier alpha value is 0.370. The van der Waals surface area contributed by atoms with Gasteiger partial charge in [0.1, 0.15) is 0 Å². The van der Waals surface area contributed by atoms with Crippen molar-refractivity contribution in [2.45, 2.75) is 19.3 Å². The van der Waals surface area contributed by atoms with Gasteiger partial charge in [0.2, 0.25) is 0 Å². The van der Waals surface area contributed by atoms with Crippen molar-refractivity contribution in [3.63, 3.8) is 0 Å². The topological polar surface area (TPSA) is 17.1 Å². The summed E-state index contributed by atoms with van der Waals surface area (Å²) in [5.41, 5.74) is 0. The summed E-state index contributed by atoms with van der Waals surface area (Å²) in [5.74, 6) is 0.216. The first-order valence-corrected chi connectivity index (χ1v) is 4.38. The lowest BCUT2D eigenvalue weighted by molar-refractivity contribution is -0.115. The predicted molar refractivity (Wildman–Crippen MR) is 43.7 cm³/mol. The molecule has 0 aromatic rings. The summed E-state index contributed by atoms with van der Waals surface area (Å²) in [6.45, 7) is 0. The molecule has 50 valence electrons. The lowest BCUT2D eigenvalue weighted by Gasteiger charge is -2.08. The van der Waals surface area contributed by atoms with Gasteiger partial charge in [-0.1, -0.05) is 15.9 Å². The van der Waals surface area contributed by atoms with E-state index < -0.39 is 0 Å². The van der Waals surface area contributed by atoms with Gasteiger partial charge in [0.05, 0.1) is 4.48 Å². The van der Waals surface area contributed by atoms with Gasteiger partial charge >= 0.3 is 0 Å².